The molecule has 1 aromatic rings. The highest BCUT2D eigenvalue weighted by atomic mass is 16.5. The maximum absolute atomic E-state index is 5.70. The van der Waals surface area contributed by atoms with Crippen LogP contribution in [0.2, 0.25) is 0 Å². The van der Waals surface area contributed by atoms with E-state index in [2.05, 4.69) is 27.7 Å². The van der Waals surface area contributed by atoms with Crippen LogP contribution in [0.1, 0.15) is 56.6 Å². The van der Waals surface area contributed by atoms with Crippen molar-refractivity contribution in [2.75, 3.05) is 13.7 Å². The molecule has 0 saturated heterocycles. The summed E-state index contributed by atoms with van der Waals surface area (Å²) in [5.74, 6) is 1.17. The van der Waals surface area contributed by atoms with Crippen LogP contribution < -0.4 is 5.73 Å². The van der Waals surface area contributed by atoms with Crippen LogP contribution in [0, 0.1) is 5.92 Å². The SMILES string of the molecule is CCc1nc(C(OC)C(C)C)nc(CC)c1CCN. The maximum atomic E-state index is 5.70. The van der Waals surface area contributed by atoms with Crippen LogP contribution >= 0.6 is 0 Å². The van der Waals surface area contributed by atoms with E-state index in [9.17, 15) is 0 Å². The Bertz CT molecular complexity index is 379. The molecule has 0 amide bonds. The largest absolute Gasteiger partial charge is 0.373 e. The molecule has 19 heavy (non-hydrogen) atoms. The number of methoxy groups -OCH3 is 1. The van der Waals surface area contributed by atoms with Crippen molar-refractivity contribution in [1.82, 2.24) is 9.97 Å². The minimum atomic E-state index is -0.0393. The van der Waals surface area contributed by atoms with Crippen molar-refractivity contribution in [3.8, 4) is 0 Å². The Morgan fingerprint density at radius 3 is 1.95 bits per heavy atom. The van der Waals surface area contributed by atoms with E-state index in [1.165, 1.54) is 5.56 Å². The fourth-order valence-electron chi connectivity index (χ4n) is 2.42. The van der Waals surface area contributed by atoms with E-state index in [4.69, 9.17) is 20.4 Å². The molecule has 4 heteroatoms. The lowest BCUT2D eigenvalue weighted by Crippen LogP contribution is -2.18. The second kappa shape index (κ2) is 7.56. The molecule has 0 aliphatic heterocycles. The predicted molar refractivity (Wildman–Crippen MR) is 78.1 cm³/mol. The number of rotatable bonds is 7. The van der Waals surface area contributed by atoms with E-state index in [0.717, 1.165) is 36.5 Å². The van der Waals surface area contributed by atoms with Gasteiger partial charge in [-0.05, 0) is 37.3 Å². The van der Waals surface area contributed by atoms with Gasteiger partial charge in [-0.1, -0.05) is 27.7 Å². The van der Waals surface area contributed by atoms with Crippen LogP contribution in [-0.4, -0.2) is 23.6 Å². The fraction of sp³-hybridized carbons (Fsp3) is 0.733. The lowest BCUT2D eigenvalue weighted by atomic mass is 10.0. The quantitative estimate of drug-likeness (QED) is 0.822. The van der Waals surface area contributed by atoms with E-state index in [1.54, 1.807) is 7.11 Å². The van der Waals surface area contributed by atoms with Crippen molar-refractivity contribution in [1.29, 1.82) is 0 Å². The molecule has 0 saturated carbocycles. The summed E-state index contributed by atoms with van der Waals surface area (Å²) in [6.07, 6.45) is 2.63. The van der Waals surface area contributed by atoms with Gasteiger partial charge < -0.3 is 10.5 Å². The standard InChI is InChI=1S/C15H27N3O/c1-6-12-11(8-9-16)13(7-2)18-15(17-12)14(19-5)10(3)4/h10,14H,6-9,16H2,1-5H3. The molecule has 1 atom stereocenters. The van der Waals surface area contributed by atoms with Gasteiger partial charge in [0.05, 0.1) is 0 Å². The number of nitrogens with two attached hydrogens (primary N) is 1. The van der Waals surface area contributed by atoms with Gasteiger partial charge in [-0.2, -0.15) is 0 Å². The third-order valence-electron chi connectivity index (χ3n) is 3.37. The van der Waals surface area contributed by atoms with Crippen LogP contribution in [0.5, 0.6) is 0 Å². The van der Waals surface area contributed by atoms with Gasteiger partial charge in [-0.15, -0.1) is 0 Å². The topological polar surface area (TPSA) is 61.0 Å². The second-order valence-corrected chi connectivity index (χ2v) is 5.10. The molecule has 1 heterocycles. The Hall–Kier alpha value is -1.00. The van der Waals surface area contributed by atoms with Crippen LogP contribution in [0.3, 0.4) is 0 Å². The van der Waals surface area contributed by atoms with Gasteiger partial charge in [0.1, 0.15) is 6.10 Å². The van der Waals surface area contributed by atoms with Crippen molar-refractivity contribution < 1.29 is 4.74 Å². The summed E-state index contributed by atoms with van der Waals surface area (Å²) >= 11 is 0. The Balaban J connectivity index is 3.29. The lowest BCUT2D eigenvalue weighted by molar-refractivity contribution is 0.0570. The summed E-state index contributed by atoms with van der Waals surface area (Å²) < 4.78 is 5.55. The molecule has 1 rings (SSSR count). The molecular formula is C15H27N3O. The first kappa shape index (κ1) is 16.1. The summed E-state index contributed by atoms with van der Waals surface area (Å²) in [6, 6.07) is 0. The van der Waals surface area contributed by atoms with Crippen molar-refractivity contribution in [2.24, 2.45) is 11.7 Å². The lowest BCUT2D eigenvalue weighted by Gasteiger charge is -2.21. The predicted octanol–water partition coefficient (Wildman–Crippen LogP) is 2.45. The number of hydrogen-bond donors (Lipinski definition) is 1. The fourth-order valence-corrected chi connectivity index (χ4v) is 2.42. The molecular weight excluding hydrogens is 238 g/mol. The molecule has 2 N–H and O–H groups in total. The van der Waals surface area contributed by atoms with E-state index in [1.807, 2.05) is 0 Å². The zero-order valence-corrected chi connectivity index (χ0v) is 12.9. The van der Waals surface area contributed by atoms with Gasteiger partial charge >= 0.3 is 0 Å². The zero-order valence-electron chi connectivity index (χ0n) is 12.9. The average molecular weight is 265 g/mol. The number of aromatic nitrogens is 2. The summed E-state index contributed by atoms with van der Waals surface area (Å²) in [5.41, 5.74) is 9.17. The molecule has 0 aliphatic carbocycles. The number of aryl methyl sites for hydroxylation is 2. The third-order valence-corrected chi connectivity index (χ3v) is 3.37. The normalized spacial score (nSPS) is 13.0. The van der Waals surface area contributed by atoms with Crippen LogP contribution in [0.25, 0.3) is 0 Å². The van der Waals surface area contributed by atoms with Crippen LogP contribution in [0.15, 0.2) is 0 Å². The maximum Gasteiger partial charge on any atom is 0.157 e. The second-order valence-electron chi connectivity index (χ2n) is 5.10. The van der Waals surface area contributed by atoms with Crippen LogP contribution in [-0.2, 0) is 24.0 Å². The van der Waals surface area contributed by atoms with Crippen molar-refractivity contribution in [3.63, 3.8) is 0 Å². The Morgan fingerprint density at radius 1 is 1.11 bits per heavy atom. The van der Waals surface area contributed by atoms with E-state index < -0.39 is 0 Å². The monoisotopic (exact) mass is 265 g/mol. The summed E-state index contributed by atoms with van der Waals surface area (Å²) in [5, 5.41) is 0. The first-order valence-electron chi connectivity index (χ1n) is 7.20. The third kappa shape index (κ3) is 3.74. The minimum Gasteiger partial charge on any atom is -0.373 e. The van der Waals surface area contributed by atoms with Crippen LogP contribution in [0.4, 0.5) is 0 Å². The van der Waals surface area contributed by atoms with Gasteiger partial charge in [0.2, 0.25) is 0 Å². The average Bonchev–Trinajstić information content (AvgIpc) is 2.40. The van der Waals surface area contributed by atoms with Gasteiger partial charge in [0.25, 0.3) is 0 Å². The molecule has 1 aromatic heterocycles. The molecule has 108 valence electrons. The highest BCUT2D eigenvalue weighted by Gasteiger charge is 2.21. The van der Waals surface area contributed by atoms with Gasteiger partial charge in [0.15, 0.2) is 5.82 Å². The van der Waals surface area contributed by atoms with E-state index in [0.29, 0.717) is 12.5 Å². The van der Waals surface area contributed by atoms with Gasteiger partial charge in [-0.25, -0.2) is 9.97 Å². The molecule has 0 aliphatic rings. The first-order valence-corrected chi connectivity index (χ1v) is 7.20. The Kier molecular flexibility index (Phi) is 6.38. The molecule has 0 radical (unpaired) electrons. The summed E-state index contributed by atoms with van der Waals surface area (Å²) in [6.45, 7) is 9.15. The summed E-state index contributed by atoms with van der Waals surface area (Å²) in [4.78, 5) is 9.44. The molecule has 0 aromatic carbocycles. The van der Waals surface area contributed by atoms with Gasteiger partial charge in [-0.3, -0.25) is 0 Å². The van der Waals surface area contributed by atoms with Crippen molar-refractivity contribution in [2.45, 2.75) is 53.1 Å². The minimum absolute atomic E-state index is 0.0393. The number of ether oxygens (including phenoxy) is 1. The molecule has 4 nitrogen and oxygen atoms in total. The molecule has 0 fully saturated rings. The van der Waals surface area contributed by atoms with Gasteiger partial charge in [0, 0.05) is 18.5 Å². The van der Waals surface area contributed by atoms with Crippen molar-refractivity contribution in [3.05, 3.63) is 22.8 Å². The smallest absolute Gasteiger partial charge is 0.157 e. The molecule has 1 unspecified atom stereocenters. The first-order chi connectivity index (χ1) is 9.08. The Labute approximate surface area is 116 Å². The van der Waals surface area contributed by atoms with E-state index in [-0.39, 0.29) is 6.10 Å². The Morgan fingerprint density at radius 2 is 1.63 bits per heavy atom. The number of nitrogens with zero attached hydrogens (tertiary/aromatic N) is 2. The highest BCUT2D eigenvalue weighted by Crippen LogP contribution is 2.24. The number of hydrogen-bond acceptors (Lipinski definition) is 4. The molecule has 0 bridgehead atoms. The highest BCUT2D eigenvalue weighted by molar-refractivity contribution is 5.27. The molecule has 0 spiro atoms. The zero-order chi connectivity index (χ0) is 14.4. The van der Waals surface area contributed by atoms with E-state index >= 15 is 0 Å². The van der Waals surface area contributed by atoms with Crippen molar-refractivity contribution >= 4 is 0 Å². The summed E-state index contributed by atoms with van der Waals surface area (Å²) in [7, 11) is 1.72.